The van der Waals surface area contributed by atoms with E-state index in [4.69, 9.17) is 23.2 Å². The third-order valence-corrected chi connectivity index (χ3v) is 7.61. The van der Waals surface area contributed by atoms with Crippen LogP contribution >= 0.6 is 23.2 Å². The van der Waals surface area contributed by atoms with Crippen molar-refractivity contribution in [2.75, 3.05) is 23.7 Å². The standard InChI is InChI=1S/C29H32Cl2FN3O4S/c1-20(2)17-33-29(37)27(13-21-7-5-4-6-8-21)34(18-22-9-11-25(32)12-10-22)28(36)19-35(40(3,38)39)26-15-23(30)14-24(31)16-26/h4-12,14-16,20,27H,13,17-19H2,1-3H3,(H,33,37)/t27-/m0/s1. The van der Waals surface area contributed by atoms with Gasteiger partial charge in [-0.15, -0.1) is 0 Å². The zero-order valence-corrected chi connectivity index (χ0v) is 24.8. The highest BCUT2D eigenvalue weighted by Gasteiger charge is 2.33. The third kappa shape index (κ3) is 9.21. The topological polar surface area (TPSA) is 86.8 Å². The highest BCUT2D eigenvalue weighted by atomic mass is 35.5. The van der Waals surface area contributed by atoms with Crippen molar-refractivity contribution in [1.29, 1.82) is 0 Å². The van der Waals surface area contributed by atoms with Gasteiger partial charge >= 0.3 is 0 Å². The van der Waals surface area contributed by atoms with E-state index in [1.165, 1.54) is 47.4 Å². The van der Waals surface area contributed by atoms with Gasteiger partial charge in [0.05, 0.1) is 11.9 Å². The van der Waals surface area contributed by atoms with Crippen LogP contribution < -0.4 is 9.62 Å². The van der Waals surface area contributed by atoms with Gasteiger partial charge in [-0.05, 0) is 47.4 Å². The van der Waals surface area contributed by atoms with E-state index in [2.05, 4.69) is 5.32 Å². The lowest BCUT2D eigenvalue weighted by Crippen LogP contribution is -2.53. The molecule has 0 aliphatic carbocycles. The number of nitrogens with one attached hydrogen (secondary N) is 1. The summed E-state index contributed by atoms with van der Waals surface area (Å²) in [5.41, 5.74) is 1.49. The predicted octanol–water partition coefficient (Wildman–Crippen LogP) is 5.31. The van der Waals surface area contributed by atoms with E-state index in [1.54, 1.807) is 0 Å². The first-order valence-electron chi connectivity index (χ1n) is 12.6. The van der Waals surface area contributed by atoms with Gasteiger partial charge in [0.1, 0.15) is 18.4 Å². The predicted molar refractivity (Wildman–Crippen MR) is 157 cm³/mol. The van der Waals surface area contributed by atoms with Crippen molar-refractivity contribution in [3.63, 3.8) is 0 Å². The Morgan fingerprint density at radius 1 is 0.925 bits per heavy atom. The molecule has 1 atom stereocenters. The molecule has 7 nitrogen and oxygen atoms in total. The largest absolute Gasteiger partial charge is 0.354 e. The van der Waals surface area contributed by atoms with Crippen LogP contribution in [0.5, 0.6) is 0 Å². The number of rotatable bonds is 12. The minimum absolute atomic E-state index is 0.0559. The van der Waals surface area contributed by atoms with Crippen molar-refractivity contribution in [2.45, 2.75) is 32.9 Å². The van der Waals surface area contributed by atoms with Crippen LogP contribution in [0.1, 0.15) is 25.0 Å². The Bertz CT molecular complexity index is 1400. The third-order valence-electron chi connectivity index (χ3n) is 6.04. The van der Waals surface area contributed by atoms with Gasteiger partial charge in [-0.25, -0.2) is 12.8 Å². The number of anilines is 1. The van der Waals surface area contributed by atoms with Crippen LogP contribution in [-0.2, 0) is 32.6 Å². The summed E-state index contributed by atoms with van der Waals surface area (Å²) in [5, 5.41) is 3.30. The maximum Gasteiger partial charge on any atom is 0.244 e. The van der Waals surface area contributed by atoms with Gasteiger partial charge in [-0.2, -0.15) is 0 Å². The van der Waals surface area contributed by atoms with Crippen LogP contribution in [0.3, 0.4) is 0 Å². The number of hydrogen-bond donors (Lipinski definition) is 1. The number of carbonyl (C=O) groups is 2. The van der Waals surface area contributed by atoms with Gasteiger partial charge in [0.2, 0.25) is 21.8 Å². The summed E-state index contributed by atoms with van der Waals surface area (Å²) in [6, 6.07) is 18.0. The molecule has 214 valence electrons. The average Bonchev–Trinajstić information content (AvgIpc) is 2.88. The summed E-state index contributed by atoms with van der Waals surface area (Å²) in [7, 11) is -3.97. The molecule has 2 amide bonds. The molecule has 0 radical (unpaired) electrons. The maximum absolute atomic E-state index is 14.0. The lowest BCUT2D eigenvalue weighted by atomic mass is 10.0. The van der Waals surface area contributed by atoms with Crippen molar-refractivity contribution in [3.8, 4) is 0 Å². The molecule has 0 aliphatic heterocycles. The van der Waals surface area contributed by atoms with Crippen LogP contribution in [0.2, 0.25) is 10.0 Å². The van der Waals surface area contributed by atoms with Crippen LogP contribution in [0.4, 0.5) is 10.1 Å². The molecule has 0 saturated heterocycles. The van der Waals surface area contributed by atoms with E-state index >= 15 is 0 Å². The van der Waals surface area contributed by atoms with Crippen molar-refractivity contribution in [1.82, 2.24) is 10.2 Å². The summed E-state index contributed by atoms with van der Waals surface area (Å²) in [6.45, 7) is 3.63. The molecule has 0 unspecified atom stereocenters. The fraction of sp³-hybridized carbons (Fsp3) is 0.310. The van der Waals surface area contributed by atoms with Crippen LogP contribution in [0.25, 0.3) is 0 Å². The normalized spacial score (nSPS) is 12.2. The van der Waals surface area contributed by atoms with Gasteiger partial charge in [0, 0.05) is 29.6 Å². The van der Waals surface area contributed by atoms with Crippen molar-refractivity contribution >= 4 is 50.7 Å². The zero-order chi connectivity index (χ0) is 29.4. The van der Waals surface area contributed by atoms with Crippen molar-refractivity contribution < 1.29 is 22.4 Å². The quantitative estimate of drug-likeness (QED) is 0.302. The molecule has 3 aromatic carbocycles. The molecule has 0 saturated carbocycles. The molecule has 0 heterocycles. The van der Waals surface area contributed by atoms with E-state index in [-0.39, 0.29) is 40.5 Å². The highest BCUT2D eigenvalue weighted by molar-refractivity contribution is 7.92. The van der Waals surface area contributed by atoms with E-state index in [0.29, 0.717) is 12.1 Å². The molecule has 0 bridgehead atoms. The number of amides is 2. The van der Waals surface area contributed by atoms with Crippen molar-refractivity contribution in [3.05, 3.63) is 99.8 Å². The van der Waals surface area contributed by atoms with Gasteiger partial charge in [0.15, 0.2) is 0 Å². The molecule has 0 spiro atoms. The Morgan fingerprint density at radius 2 is 1.52 bits per heavy atom. The highest BCUT2D eigenvalue weighted by Crippen LogP contribution is 2.27. The Hall–Kier alpha value is -3.14. The molecule has 11 heteroatoms. The van der Waals surface area contributed by atoms with Gasteiger partial charge in [0.25, 0.3) is 0 Å². The smallest absolute Gasteiger partial charge is 0.244 e. The fourth-order valence-corrected chi connectivity index (χ4v) is 5.41. The molecular formula is C29H32Cl2FN3O4S. The Labute approximate surface area is 244 Å². The van der Waals surface area contributed by atoms with Crippen LogP contribution in [-0.4, -0.2) is 50.5 Å². The number of hydrogen-bond acceptors (Lipinski definition) is 4. The lowest BCUT2D eigenvalue weighted by Gasteiger charge is -2.33. The summed E-state index contributed by atoms with van der Waals surface area (Å²) >= 11 is 12.2. The first kappa shape index (κ1) is 31.4. The van der Waals surface area contributed by atoms with E-state index in [9.17, 15) is 22.4 Å². The first-order valence-corrected chi connectivity index (χ1v) is 15.2. The first-order chi connectivity index (χ1) is 18.8. The van der Waals surface area contributed by atoms with E-state index in [1.807, 2.05) is 44.2 Å². The summed E-state index contributed by atoms with van der Waals surface area (Å²) in [4.78, 5) is 28.9. The van der Waals surface area contributed by atoms with E-state index < -0.39 is 34.3 Å². The molecule has 3 aromatic rings. The average molecular weight is 609 g/mol. The number of halogens is 3. The second-order valence-electron chi connectivity index (χ2n) is 9.89. The van der Waals surface area contributed by atoms with Crippen molar-refractivity contribution in [2.24, 2.45) is 5.92 Å². The number of carbonyl (C=O) groups excluding carboxylic acids is 2. The second-order valence-corrected chi connectivity index (χ2v) is 12.7. The molecule has 1 N–H and O–H groups in total. The SMILES string of the molecule is CC(C)CNC(=O)[C@H](Cc1ccccc1)N(Cc1ccc(F)cc1)C(=O)CN(c1cc(Cl)cc(Cl)c1)S(C)(=O)=O. The van der Waals surface area contributed by atoms with Gasteiger partial charge in [-0.1, -0.05) is 79.5 Å². The zero-order valence-electron chi connectivity index (χ0n) is 22.5. The lowest BCUT2D eigenvalue weighted by molar-refractivity contribution is -0.140. The van der Waals surface area contributed by atoms with E-state index in [0.717, 1.165) is 16.1 Å². The molecule has 3 rings (SSSR count). The minimum Gasteiger partial charge on any atom is -0.354 e. The van der Waals surface area contributed by atoms with Crippen LogP contribution in [0.15, 0.2) is 72.8 Å². The Kier molecular flexibility index (Phi) is 11.0. The van der Waals surface area contributed by atoms with Gasteiger partial charge < -0.3 is 10.2 Å². The Morgan fingerprint density at radius 3 is 2.08 bits per heavy atom. The number of nitrogens with zero attached hydrogens (tertiary/aromatic N) is 2. The summed E-state index contributed by atoms with van der Waals surface area (Å²) in [6.07, 6.45) is 1.15. The summed E-state index contributed by atoms with van der Waals surface area (Å²) < 4.78 is 40.2. The molecule has 0 aromatic heterocycles. The Balaban J connectivity index is 2.06. The second kappa shape index (κ2) is 14.0. The summed E-state index contributed by atoms with van der Waals surface area (Å²) in [5.74, 6) is -1.30. The number of benzene rings is 3. The molecule has 0 aliphatic rings. The van der Waals surface area contributed by atoms with Gasteiger partial charge in [-0.3, -0.25) is 13.9 Å². The minimum atomic E-state index is -3.97. The molecular weight excluding hydrogens is 576 g/mol. The monoisotopic (exact) mass is 607 g/mol. The number of sulfonamides is 1. The van der Waals surface area contributed by atoms with Crippen LogP contribution in [0, 0.1) is 11.7 Å². The maximum atomic E-state index is 14.0. The fourth-order valence-electron chi connectivity index (χ4n) is 4.06. The molecule has 40 heavy (non-hydrogen) atoms. The molecule has 0 fully saturated rings.